The van der Waals surface area contributed by atoms with Crippen molar-refractivity contribution in [2.45, 2.75) is 39.3 Å². The smallest absolute Gasteiger partial charge is 0.266 e. The van der Waals surface area contributed by atoms with E-state index in [1.807, 2.05) is 38.3 Å². The number of aromatic nitrogens is 2. The van der Waals surface area contributed by atoms with E-state index in [4.69, 9.17) is 0 Å². The van der Waals surface area contributed by atoms with E-state index in [9.17, 15) is 10.1 Å². The second-order valence-corrected chi connectivity index (χ2v) is 7.37. The Balaban J connectivity index is 2.24. The van der Waals surface area contributed by atoms with Gasteiger partial charge in [0.05, 0.1) is 16.9 Å². The minimum absolute atomic E-state index is 0.0729. The minimum atomic E-state index is -0.431. The molecule has 0 aromatic carbocycles. The van der Waals surface area contributed by atoms with Crippen LogP contribution in [0.3, 0.4) is 0 Å². The van der Waals surface area contributed by atoms with E-state index >= 15 is 0 Å². The third-order valence-corrected chi connectivity index (χ3v) is 4.69. The first-order valence-corrected chi connectivity index (χ1v) is 9.68. The number of nitrogens with zero attached hydrogens (tertiary/aromatic N) is 3. The predicted octanol–water partition coefficient (Wildman–Crippen LogP) is 4.42. The summed E-state index contributed by atoms with van der Waals surface area (Å²) in [4.78, 5) is 16.7. The van der Waals surface area contributed by atoms with E-state index in [1.165, 1.54) is 11.8 Å². The molecule has 26 heavy (non-hydrogen) atoms. The van der Waals surface area contributed by atoms with Crippen LogP contribution in [0.15, 0.2) is 35.0 Å². The number of nitriles is 1. The molecular weight excluding hydrogens is 344 g/mol. The highest BCUT2D eigenvalue weighted by Crippen LogP contribution is 2.20. The molecule has 2 heterocycles. The molecule has 0 atom stereocenters. The van der Waals surface area contributed by atoms with Gasteiger partial charge in [0.2, 0.25) is 0 Å². The minimum Gasteiger partial charge on any atom is -0.348 e. The van der Waals surface area contributed by atoms with Crippen molar-refractivity contribution in [3.8, 4) is 6.07 Å². The molecule has 2 aromatic heterocycles. The average Bonchev–Trinajstić information content (AvgIpc) is 2.87. The number of thioether (sulfide) groups is 1. The molecule has 0 unspecified atom stereocenters. The summed E-state index contributed by atoms with van der Waals surface area (Å²) in [6.45, 7) is 9.29. The van der Waals surface area contributed by atoms with Crippen molar-refractivity contribution in [3.05, 3.63) is 46.9 Å². The number of aryl methyl sites for hydroxylation is 1. The molecule has 0 fully saturated rings. The molecule has 2 rings (SSSR count). The Kier molecular flexibility index (Phi) is 6.64. The highest BCUT2D eigenvalue weighted by molar-refractivity contribution is 7.98. The Labute approximate surface area is 159 Å². The zero-order valence-electron chi connectivity index (χ0n) is 15.8. The Bertz CT molecular complexity index is 857. The molecule has 5 nitrogen and oxygen atoms in total. The summed E-state index contributed by atoms with van der Waals surface area (Å²) >= 11 is 1.53. The van der Waals surface area contributed by atoms with Crippen LogP contribution in [0.2, 0.25) is 0 Å². The van der Waals surface area contributed by atoms with Crippen molar-refractivity contribution < 1.29 is 4.79 Å². The Morgan fingerprint density at radius 3 is 2.69 bits per heavy atom. The molecule has 0 aliphatic rings. The van der Waals surface area contributed by atoms with E-state index in [0.29, 0.717) is 11.6 Å². The van der Waals surface area contributed by atoms with Crippen LogP contribution in [-0.2, 0) is 11.3 Å². The van der Waals surface area contributed by atoms with E-state index < -0.39 is 5.91 Å². The molecular formula is C20H24N4OS. The first kappa shape index (κ1) is 19.8. The maximum Gasteiger partial charge on any atom is 0.266 e. The number of rotatable bonds is 6. The fourth-order valence-corrected chi connectivity index (χ4v) is 3.06. The quantitative estimate of drug-likeness (QED) is 0.465. The second-order valence-electron chi connectivity index (χ2n) is 6.54. The summed E-state index contributed by atoms with van der Waals surface area (Å²) in [7, 11) is 0. The maximum atomic E-state index is 12.4. The summed E-state index contributed by atoms with van der Waals surface area (Å²) in [6.07, 6.45) is 5.18. The van der Waals surface area contributed by atoms with Crippen LogP contribution < -0.4 is 5.32 Å². The fraction of sp³-hybridized carbons (Fsp3) is 0.350. The normalized spacial score (nSPS) is 11.5. The van der Waals surface area contributed by atoms with Crippen molar-refractivity contribution >= 4 is 29.4 Å². The van der Waals surface area contributed by atoms with Gasteiger partial charge in [0.25, 0.3) is 5.91 Å². The maximum absolute atomic E-state index is 12.4. The van der Waals surface area contributed by atoms with Crippen LogP contribution in [0, 0.1) is 31.1 Å². The molecule has 0 radical (unpaired) electrons. The van der Waals surface area contributed by atoms with Gasteiger partial charge in [-0.2, -0.15) is 5.26 Å². The number of carbonyl (C=O) groups excluding carboxylic acids is 1. The lowest BCUT2D eigenvalue weighted by Gasteiger charge is -2.12. The highest BCUT2D eigenvalue weighted by Gasteiger charge is 2.14. The number of carbonyl (C=O) groups is 1. The molecule has 0 saturated heterocycles. The van der Waals surface area contributed by atoms with Gasteiger partial charge in [0, 0.05) is 17.9 Å². The van der Waals surface area contributed by atoms with Crippen molar-refractivity contribution in [2.24, 2.45) is 5.92 Å². The van der Waals surface area contributed by atoms with E-state index in [2.05, 4.69) is 28.7 Å². The topological polar surface area (TPSA) is 70.7 Å². The van der Waals surface area contributed by atoms with Crippen LogP contribution >= 0.6 is 11.8 Å². The molecule has 0 saturated carbocycles. The number of anilines is 1. The molecule has 0 aliphatic carbocycles. The zero-order chi connectivity index (χ0) is 19.3. The van der Waals surface area contributed by atoms with Gasteiger partial charge < -0.3 is 9.88 Å². The van der Waals surface area contributed by atoms with Gasteiger partial charge in [0.15, 0.2) is 0 Å². The largest absolute Gasteiger partial charge is 0.348 e. The molecule has 0 bridgehead atoms. The van der Waals surface area contributed by atoms with E-state index in [-0.39, 0.29) is 5.57 Å². The summed E-state index contributed by atoms with van der Waals surface area (Å²) in [5.74, 6) is 0.0898. The van der Waals surface area contributed by atoms with Crippen molar-refractivity contribution in [1.29, 1.82) is 5.26 Å². The lowest BCUT2D eigenvalue weighted by Crippen LogP contribution is -2.13. The molecule has 1 amide bonds. The average molecular weight is 369 g/mol. The number of hydrogen-bond donors (Lipinski definition) is 1. The lowest BCUT2D eigenvalue weighted by atomic mass is 10.1. The summed E-state index contributed by atoms with van der Waals surface area (Å²) in [5.41, 5.74) is 3.72. The third kappa shape index (κ3) is 4.77. The summed E-state index contributed by atoms with van der Waals surface area (Å²) in [5, 5.41) is 13.0. The zero-order valence-corrected chi connectivity index (χ0v) is 16.6. The van der Waals surface area contributed by atoms with Crippen molar-refractivity contribution in [1.82, 2.24) is 9.55 Å². The lowest BCUT2D eigenvalue weighted by molar-refractivity contribution is -0.112. The molecule has 1 N–H and O–H groups in total. The molecule has 2 aromatic rings. The van der Waals surface area contributed by atoms with Gasteiger partial charge >= 0.3 is 0 Å². The van der Waals surface area contributed by atoms with Crippen LogP contribution in [0.5, 0.6) is 0 Å². The first-order valence-electron chi connectivity index (χ1n) is 8.45. The second kappa shape index (κ2) is 8.72. The monoisotopic (exact) mass is 368 g/mol. The van der Waals surface area contributed by atoms with Crippen molar-refractivity contribution in [2.75, 3.05) is 11.6 Å². The molecule has 0 aliphatic heterocycles. The van der Waals surface area contributed by atoms with E-state index in [0.717, 1.165) is 28.5 Å². The van der Waals surface area contributed by atoms with Crippen LogP contribution in [-0.4, -0.2) is 21.7 Å². The van der Waals surface area contributed by atoms with Crippen LogP contribution in [0.25, 0.3) is 6.08 Å². The van der Waals surface area contributed by atoms with E-state index in [1.54, 1.807) is 18.3 Å². The standard InChI is InChI=1S/C20H24N4OS/c1-13(2)12-24-14(3)8-16(15(24)4)9-17(10-21)20(25)23-18-6-7-19(26-5)22-11-18/h6-9,11,13H,12H2,1-5H3,(H,23,25)/b17-9+. The first-order chi connectivity index (χ1) is 12.3. The Morgan fingerprint density at radius 1 is 1.42 bits per heavy atom. The van der Waals surface area contributed by atoms with Gasteiger partial charge in [-0.1, -0.05) is 13.8 Å². The number of nitrogens with one attached hydrogen (secondary N) is 1. The summed E-state index contributed by atoms with van der Waals surface area (Å²) < 4.78 is 2.22. The van der Waals surface area contributed by atoms with Gasteiger partial charge in [0.1, 0.15) is 11.6 Å². The molecule has 6 heteroatoms. The number of hydrogen-bond acceptors (Lipinski definition) is 4. The predicted molar refractivity (Wildman–Crippen MR) is 107 cm³/mol. The van der Waals surface area contributed by atoms with Gasteiger partial charge in [-0.25, -0.2) is 4.98 Å². The van der Waals surface area contributed by atoms with Crippen molar-refractivity contribution in [3.63, 3.8) is 0 Å². The third-order valence-electron chi connectivity index (χ3n) is 4.03. The summed E-state index contributed by atoms with van der Waals surface area (Å²) in [6, 6.07) is 7.62. The molecule has 0 spiro atoms. The van der Waals surface area contributed by atoms with Gasteiger partial charge in [-0.3, -0.25) is 4.79 Å². The van der Waals surface area contributed by atoms with Gasteiger partial charge in [-0.15, -0.1) is 11.8 Å². The van der Waals surface area contributed by atoms with Gasteiger partial charge in [-0.05, 0) is 55.9 Å². The fourth-order valence-electron chi connectivity index (χ4n) is 2.70. The van der Waals surface area contributed by atoms with Crippen LogP contribution in [0.4, 0.5) is 5.69 Å². The Morgan fingerprint density at radius 2 is 2.15 bits per heavy atom. The molecule has 136 valence electrons. The number of amides is 1. The highest BCUT2D eigenvalue weighted by atomic mass is 32.2. The van der Waals surface area contributed by atoms with Crippen LogP contribution in [0.1, 0.15) is 30.8 Å². The SMILES string of the molecule is CSc1ccc(NC(=O)/C(C#N)=C/c2cc(C)n(CC(C)C)c2C)cn1. The number of pyridine rings is 1. The Hall–Kier alpha value is -2.52.